The molecule has 0 aliphatic carbocycles. The van der Waals surface area contributed by atoms with Crippen molar-refractivity contribution >= 4 is 18.4 Å². The van der Waals surface area contributed by atoms with E-state index in [9.17, 15) is 4.79 Å². The van der Waals surface area contributed by atoms with Crippen molar-refractivity contribution in [3.8, 4) is 0 Å². The van der Waals surface area contributed by atoms with E-state index in [0.717, 1.165) is 13.0 Å². The van der Waals surface area contributed by atoms with Gasteiger partial charge in [0.05, 0.1) is 0 Å². The Morgan fingerprint density at radius 3 is 2.92 bits per heavy atom. The molecule has 0 aliphatic rings. The molecule has 0 amide bonds. The van der Waals surface area contributed by atoms with Gasteiger partial charge in [-0.25, -0.2) is 4.98 Å². The lowest BCUT2D eigenvalue weighted by Gasteiger charge is -2.06. The van der Waals surface area contributed by atoms with Crippen LogP contribution in [0.4, 0.5) is 5.82 Å². The largest absolute Gasteiger partial charge is 0.369 e. The zero-order valence-corrected chi connectivity index (χ0v) is 8.61. The third-order valence-electron chi connectivity index (χ3n) is 1.56. The summed E-state index contributed by atoms with van der Waals surface area (Å²) in [4.78, 5) is 18.3. The van der Waals surface area contributed by atoms with Crippen LogP contribution in [0.25, 0.3) is 0 Å². The number of thiol groups is 1. The van der Waals surface area contributed by atoms with Crippen LogP contribution in [-0.4, -0.2) is 16.5 Å². The summed E-state index contributed by atoms with van der Waals surface area (Å²) in [5, 5.41) is 3.04. The molecular weight excluding hydrogens is 186 g/mol. The zero-order chi connectivity index (χ0) is 9.84. The van der Waals surface area contributed by atoms with Crippen LogP contribution in [0, 0.1) is 6.92 Å². The number of hydrogen-bond acceptors (Lipinski definition) is 4. The summed E-state index contributed by atoms with van der Waals surface area (Å²) in [6, 6.07) is 0. The molecule has 1 aromatic heterocycles. The predicted octanol–water partition coefficient (Wildman–Crippen LogP) is 1.19. The molecule has 1 aromatic rings. The van der Waals surface area contributed by atoms with Crippen LogP contribution in [0.15, 0.2) is 9.69 Å². The molecule has 0 fully saturated rings. The lowest BCUT2D eigenvalue weighted by Crippen LogP contribution is -2.15. The molecule has 0 spiro atoms. The number of anilines is 1. The maximum absolute atomic E-state index is 11.2. The van der Waals surface area contributed by atoms with E-state index in [0.29, 0.717) is 16.5 Å². The Morgan fingerprint density at radius 1 is 1.62 bits per heavy atom. The van der Waals surface area contributed by atoms with Crippen molar-refractivity contribution < 1.29 is 0 Å². The van der Waals surface area contributed by atoms with Gasteiger partial charge in [0.25, 0.3) is 5.56 Å². The number of nitrogens with one attached hydrogen (secondary N) is 2. The Morgan fingerprint density at radius 2 is 2.31 bits per heavy atom. The highest BCUT2D eigenvalue weighted by Gasteiger charge is 2.04. The first kappa shape index (κ1) is 10.1. The Kier molecular flexibility index (Phi) is 3.36. The van der Waals surface area contributed by atoms with Gasteiger partial charge in [-0.2, -0.15) is 0 Å². The Labute approximate surface area is 82.2 Å². The van der Waals surface area contributed by atoms with Gasteiger partial charge in [0, 0.05) is 6.54 Å². The van der Waals surface area contributed by atoms with Crippen LogP contribution in [0.1, 0.15) is 19.2 Å². The smallest absolute Gasteiger partial charge is 0.266 e. The second-order valence-corrected chi connectivity index (χ2v) is 3.22. The number of H-pyrrole nitrogens is 1. The molecule has 0 saturated carbocycles. The average Bonchev–Trinajstić information content (AvgIpc) is 2.09. The first-order valence-electron chi connectivity index (χ1n) is 4.19. The average molecular weight is 199 g/mol. The summed E-state index contributed by atoms with van der Waals surface area (Å²) >= 11 is 4.06. The zero-order valence-electron chi connectivity index (χ0n) is 7.72. The molecule has 4 nitrogen and oxygen atoms in total. The predicted molar refractivity (Wildman–Crippen MR) is 55.6 cm³/mol. The topological polar surface area (TPSA) is 57.8 Å². The SMILES string of the molecule is CCCNc1nc(C)[nH]c(=O)c1S. The van der Waals surface area contributed by atoms with E-state index in [1.165, 1.54) is 0 Å². The van der Waals surface area contributed by atoms with Crippen molar-refractivity contribution in [2.45, 2.75) is 25.2 Å². The van der Waals surface area contributed by atoms with Gasteiger partial charge in [-0.3, -0.25) is 4.79 Å². The van der Waals surface area contributed by atoms with E-state index in [4.69, 9.17) is 0 Å². The van der Waals surface area contributed by atoms with E-state index < -0.39 is 0 Å². The van der Waals surface area contributed by atoms with E-state index in [2.05, 4.69) is 27.9 Å². The number of aryl methyl sites for hydroxylation is 1. The number of aromatic amines is 1. The van der Waals surface area contributed by atoms with Crippen molar-refractivity contribution in [3.05, 3.63) is 16.2 Å². The van der Waals surface area contributed by atoms with Gasteiger partial charge in [0.2, 0.25) is 0 Å². The van der Waals surface area contributed by atoms with Gasteiger partial charge in [-0.15, -0.1) is 12.6 Å². The maximum atomic E-state index is 11.2. The quantitative estimate of drug-likeness (QED) is 0.641. The van der Waals surface area contributed by atoms with Gasteiger partial charge in [-0.05, 0) is 13.3 Å². The molecule has 0 saturated heterocycles. The highest BCUT2D eigenvalue weighted by molar-refractivity contribution is 7.80. The minimum atomic E-state index is -0.200. The summed E-state index contributed by atoms with van der Waals surface area (Å²) in [5.41, 5.74) is -0.200. The molecule has 1 heterocycles. The Bertz CT molecular complexity index is 348. The van der Waals surface area contributed by atoms with Crippen LogP contribution in [-0.2, 0) is 0 Å². The van der Waals surface area contributed by atoms with Crippen molar-refractivity contribution in [2.75, 3.05) is 11.9 Å². The summed E-state index contributed by atoms with van der Waals surface area (Å²) < 4.78 is 0. The minimum absolute atomic E-state index is 0.200. The Balaban J connectivity index is 2.99. The molecular formula is C8H13N3OS. The van der Waals surface area contributed by atoms with Crippen LogP contribution in [0.3, 0.4) is 0 Å². The van der Waals surface area contributed by atoms with E-state index >= 15 is 0 Å². The van der Waals surface area contributed by atoms with E-state index in [1.54, 1.807) is 6.92 Å². The first-order chi connectivity index (χ1) is 6.15. The van der Waals surface area contributed by atoms with Crippen molar-refractivity contribution in [1.82, 2.24) is 9.97 Å². The molecule has 2 N–H and O–H groups in total. The first-order valence-corrected chi connectivity index (χ1v) is 4.63. The third kappa shape index (κ3) is 2.48. The molecule has 0 bridgehead atoms. The van der Waals surface area contributed by atoms with Gasteiger partial charge in [0.15, 0.2) is 0 Å². The molecule has 13 heavy (non-hydrogen) atoms. The summed E-state index contributed by atoms with van der Waals surface area (Å²) in [6.45, 7) is 4.58. The standard InChI is InChI=1S/C8H13N3OS/c1-3-4-9-7-6(13)8(12)11-5(2)10-7/h13H,3-4H2,1-2H3,(H2,9,10,11,12). The summed E-state index contributed by atoms with van der Waals surface area (Å²) in [7, 11) is 0. The van der Waals surface area contributed by atoms with E-state index in [1.807, 2.05) is 6.92 Å². The fourth-order valence-corrected chi connectivity index (χ4v) is 1.13. The lowest BCUT2D eigenvalue weighted by molar-refractivity contribution is 0.920. The van der Waals surface area contributed by atoms with Gasteiger partial charge in [-0.1, -0.05) is 6.92 Å². The highest BCUT2D eigenvalue weighted by Crippen LogP contribution is 2.10. The van der Waals surface area contributed by atoms with E-state index in [-0.39, 0.29) is 5.56 Å². The minimum Gasteiger partial charge on any atom is -0.369 e. The fourth-order valence-electron chi connectivity index (χ4n) is 0.946. The fraction of sp³-hybridized carbons (Fsp3) is 0.500. The number of nitrogens with zero attached hydrogens (tertiary/aromatic N) is 1. The van der Waals surface area contributed by atoms with Crippen molar-refractivity contribution in [1.29, 1.82) is 0 Å². The molecule has 1 rings (SSSR count). The normalized spacial score (nSPS) is 10.1. The molecule has 5 heteroatoms. The van der Waals surface area contributed by atoms with Gasteiger partial charge < -0.3 is 10.3 Å². The second-order valence-electron chi connectivity index (χ2n) is 2.78. The van der Waals surface area contributed by atoms with Gasteiger partial charge in [0.1, 0.15) is 16.5 Å². The summed E-state index contributed by atoms with van der Waals surface area (Å²) in [6.07, 6.45) is 0.987. The van der Waals surface area contributed by atoms with Gasteiger partial charge >= 0.3 is 0 Å². The molecule has 0 aliphatic heterocycles. The molecule has 0 unspecified atom stereocenters. The summed E-state index contributed by atoms with van der Waals surface area (Å²) in [5.74, 6) is 1.16. The van der Waals surface area contributed by atoms with Crippen molar-refractivity contribution in [2.24, 2.45) is 0 Å². The Hall–Kier alpha value is -0.970. The van der Waals surface area contributed by atoms with Crippen LogP contribution in [0.2, 0.25) is 0 Å². The lowest BCUT2D eigenvalue weighted by atomic mass is 10.4. The molecule has 0 atom stereocenters. The number of hydrogen-bond donors (Lipinski definition) is 3. The molecule has 0 radical (unpaired) electrons. The number of aromatic nitrogens is 2. The third-order valence-corrected chi connectivity index (χ3v) is 1.97. The van der Waals surface area contributed by atoms with Crippen LogP contribution in [0.5, 0.6) is 0 Å². The number of rotatable bonds is 3. The van der Waals surface area contributed by atoms with Crippen LogP contribution < -0.4 is 10.9 Å². The second kappa shape index (κ2) is 4.32. The highest BCUT2D eigenvalue weighted by atomic mass is 32.1. The maximum Gasteiger partial charge on any atom is 0.266 e. The molecule has 72 valence electrons. The molecule has 0 aromatic carbocycles. The van der Waals surface area contributed by atoms with Crippen molar-refractivity contribution in [3.63, 3.8) is 0 Å². The van der Waals surface area contributed by atoms with Crippen LogP contribution >= 0.6 is 12.6 Å². The monoisotopic (exact) mass is 199 g/mol.